The van der Waals surface area contributed by atoms with Crippen molar-refractivity contribution in [1.29, 1.82) is 0 Å². The monoisotopic (exact) mass is 379 g/mol. The number of cyclic esters (lactones) is 1. The number of sulfone groups is 1. The van der Waals surface area contributed by atoms with Gasteiger partial charge in [0.15, 0.2) is 6.10 Å². The Hall–Kier alpha value is -2.94. The third-order valence-electron chi connectivity index (χ3n) is 3.66. The fourth-order valence-electron chi connectivity index (χ4n) is 2.35. The molecule has 1 saturated heterocycles. The summed E-state index contributed by atoms with van der Waals surface area (Å²) in [7, 11) is -4.38. The summed E-state index contributed by atoms with van der Waals surface area (Å²) in [6, 6.07) is 14.9. The molecular weight excluding hydrogens is 365 g/mol. The molecule has 1 aliphatic heterocycles. The van der Waals surface area contributed by atoms with E-state index >= 15 is 0 Å². The van der Waals surface area contributed by atoms with E-state index in [9.17, 15) is 22.4 Å². The van der Waals surface area contributed by atoms with E-state index in [4.69, 9.17) is 9.47 Å². The SMILES string of the molecule is O=C(Oc1ccccc1)N1CC(C(F)S(=O)(=O)c2ccccc2)OC1=O. The normalized spacial score (nSPS) is 18.3. The van der Waals surface area contributed by atoms with Gasteiger partial charge in [0.25, 0.3) is 0 Å². The molecule has 1 heterocycles. The number of alkyl halides is 1. The van der Waals surface area contributed by atoms with Gasteiger partial charge in [0.05, 0.1) is 11.4 Å². The van der Waals surface area contributed by atoms with Gasteiger partial charge in [0.2, 0.25) is 15.3 Å². The molecule has 2 amide bonds. The average molecular weight is 379 g/mol. The molecule has 2 aromatic rings. The molecule has 9 heteroatoms. The van der Waals surface area contributed by atoms with E-state index in [-0.39, 0.29) is 10.6 Å². The quantitative estimate of drug-likeness (QED) is 0.811. The lowest BCUT2D eigenvalue weighted by atomic mass is 10.3. The summed E-state index contributed by atoms with van der Waals surface area (Å²) < 4.78 is 48.9. The zero-order valence-corrected chi connectivity index (χ0v) is 14.1. The predicted octanol–water partition coefficient (Wildman–Crippen LogP) is 2.78. The van der Waals surface area contributed by atoms with Crippen LogP contribution in [-0.2, 0) is 14.6 Å². The van der Waals surface area contributed by atoms with Crippen LogP contribution in [0.2, 0.25) is 0 Å². The Kier molecular flexibility index (Phi) is 4.90. The first-order chi connectivity index (χ1) is 12.4. The van der Waals surface area contributed by atoms with Gasteiger partial charge in [0, 0.05) is 0 Å². The first-order valence-electron chi connectivity index (χ1n) is 7.57. The highest BCUT2D eigenvalue weighted by Gasteiger charge is 2.46. The zero-order valence-electron chi connectivity index (χ0n) is 13.3. The van der Waals surface area contributed by atoms with E-state index < -0.39 is 40.2 Å². The number of hydrogen-bond donors (Lipinski definition) is 0. The predicted molar refractivity (Wildman–Crippen MR) is 88.0 cm³/mol. The highest BCUT2D eigenvalue weighted by Crippen LogP contribution is 2.26. The Labute approximate surface area is 148 Å². The van der Waals surface area contributed by atoms with Crippen LogP contribution in [0.3, 0.4) is 0 Å². The number of carbonyl (C=O) groups excluding carboxylic acids is 2. The summed E-state index contributed by atoms with van der Waals surface area (Å²) in [6.45, 7) is -0.572. The molecule has 0 spiro atoms. The lowest BCUT2D eigenvalue weighted by Crippen LogP contribution is -2.37. The van der Waals surface area contributed by atoms with Crippen molar-refractivity contribution >= 4 is 22.0 Å². The smallest absolute Gasteiger partial charge is 0.424 e. The lowest BCUT2D eigenvalue weighted by molar-refractivity contribution is 0.108. The van der Waals surface area contributed by atoms with Crippen molar-refractivity contribution in [3.05, 3.63) is 60.7 Å². The summed E-state index contributed by atoms with van der Waals surface area (Å²) in [5, 5.41) is 0. The van der Waals surface area contributed by atoms with Gasteiger partial charge in [-0.25, -0.2) is 27.3 Å². The average Bonchev–Trinajstić information content (AvgIpc) is 3.04. The van der Waals surface area contributed by atoms with Crippen molar-refractivity contribution in [2.45, 2.75) is 16.5 Å². The minimum absolute atomic E-state index is 0.183. The highest BCUT2D eigenvalue weighted by atomic mass is 32.2. The number of carbonyl (C=O) groups is 2. The number of ether oxygens (including phenoxy) is 2. The maximum Gasteiger partial charge on any atom is 0.424 e. The van der Waals surface area contributed by atoms with Gasteiger partial charge in [-0.15, -0.1) is 0 Å². The fourth-order valence-corrected chi connectivity index (χ4v) is 3.69. The molecule has 26 heavy (non-hydrogen) atoms. The maximum atomic E-state index is 14.6. The van der Waals surface area contributed by atoms with Crippen molar-refractivity contribution in [1.82, 2.24) is 4.90 Å². The Morgan fingerprint density at radius 2 is 1.69 bits per heavy atom. The molecule has 0 N–H and O–H groups in total. The van der Waals surface area contributed by atoms with Crippen molar-refractivity contribution in [3.8, 4) is 5.75 Å². The molecule has 7 nitrogen and oxygen atoms in total. The van der Waals surface area contributed by atoms with Crippen molar-refractivity contribution in [3.63, 3.8) is 0 Å². The van der Waals surface area contributed by atoms with Gasteiger partial charge < -0.3 is 9.47 Å². The van der Waals surface area contributed by atoms with E-state index in [1.54, 1.807) is 24.3 Å². The minimum atomic E-state index is -4.38. The Bertz CT molecular complexity index is 903. The van der Waals surface area contributed by atoms with Crippen LogP contribution < -0.4 is 4.74 Å². The number of benzene rings is 2. The number of hydrogen-bond acceptors (Lipinski definition) is 6. The number of nitrogens with zero attached hydrogens (tertiary/aromatic N) is 1. The Balaban J connectivity index is 1.72. The van der Waals surface area contributed by atoms with E-state index in [0.717, 1.165) is 0 Å². The lowest BCUT2D eigenvalue weighted by Gasteiger charge is -2.15. The van der Waals surface area contributed by atoms with Crippen LogP contribution in [0.25, 0.3) is 0 Å². The van der Waals surface area contributed by atoms with Gasteiger partial charge in [-0.2, -0.15) is 0 Å². The maximum absolute atomic E-state index is 14.6. The second-order valence-corrected chi connectivity index (χ2v) is 7.43. The second kappa shape index (κ2) is 7.12. The van der Waals surface area contributed by atoms with Gasteiger partial charge in [-0.05, 0) is 24.3 Å². The van der Waals surface area contributed by atoms with Crippen LogP contribution in [0.4, 0.5) is 14.0 Å². The van der Waals surface area contributed by atoms with Gasteiger partial charge in [-0.1, -0.05) is 36.4 Å². The van der Waals surface area contributed by atoms with E-state index in [2.05, 4.69) is 0 Å². The standard InChI is InChI=1S/C17H14FNO6S/c18-15(26(22,23)13-9-5-2-6-10-13)14-11-19(17(21)25-14)16(20)24-12-7-3-1-4-8-12/h1-10,14-15H,11H2. The van der Waals surface area contributed by atoms with Crippen LogP contribution in [-0.4, -0.2) is 43.7 Å². The number of rotatable bonds is 4. The zero-order chi connectivity index (χ0) is 18.7. The van der Waals surface area contributed by atoms with Gasteiger partial charge in [0.1, 0.15) is 5.75 Å². The summed E-state index contributed by atoms with van der Waals surface area (Å²) in [6.07, 6.45) is -3.88. The molecule has 1 fully saturated rings. The molecule has 2 atom stereocenters. The first-order valence-corrected chi connectivity index (χ1v) is 9.12. The molecular formula is C17H14FNO6S. The summed E-state index contributed by atoms with van der Waals surface area (Å²) >= 11 is 0. The minimum Gasteiger partial charge on any atom is -0.439 e. The molecule has 0 bridgehead atoms. The van der Waals surface area contributed by atoms with E-state index in [1.807, 2.05) is 0 Å². The molecule has 136 valence electrons. The number of para-hydroxylation sites is 1. The molecule has 1 aliphatic rings. The Morgan fingerprint density at radius 1 is 1.12 bits per heavy atom. The van der Waals surface area contributed by atoms with Crippen molar-refractivity contribution < 1.29 is 31.9 Å². The molecule has 2 unspecified atom stereocenters. The summed E-state index contributed by atoms with van der Waals surface area (Å²) in [5.41, 5.74) is -2.51. The van der Waals surface area contributed by atoms with E-state index in [0.29, 0.717) is 4.90 Å². The third kappa shape index (κ3) is 3.52. The molecule has 0 radical (unpaired) electrons. The molecule has 3 rings (SSSR count). The van der Waals surface area contributed by atoms with Gasteiger partial charge >= 0.3 is 12.2 Å². The second-order valence-electron chi connectivity index (χ2n) is 5.42. The third-order valence-corrected chi connectivity index (χ3v) is 5.49. The van der Waals surface area contributed by atoms with Crippen LogP contribution in [0.15, 0.2) is 65.6 Å². The van der Waals surface area contributed by atoms with Crippen molar-refractivity contribution in [2.24, 2.45) is 0 Å². The van der Waals surface area contributed by atoms with Crippen molar-refractivity contribution in [2.75, 3.05) is 6.54 Å². The molecule has 0 saturated carbocycles. The molecule has 0 aromatic heterocycles. The Morgan fingerprint density at radius 3 is 2.31 bits per heavy atom. The number of imide groups is 1. The van der Waals surface area contributed by atoms with E-state index in [1.165, 1.54) is 36.4 Å². The fraction of sp³-hybridized carbons (Fsp3) is 0.176. The topological polar surface area (TPSA) is 90.0 Å². The largest absolute Gasteiger partial charge is 0.439 e. The van der Waals surface area contributed by atoms with Crippen LogP contribution in [0, 0.1) is 0 Å². The van der Waals surface area contributed by atoms with Crippen LogP contribution in [0.1, 0.15) is 0 Å². The summed E-state index contributed by atoms with van der Waals surface area (Å²) in [5.74, 6) is 0.183. The number of halogens is 1. The molecule has 2 aromatic carbocycles. The number of amides is 2. The highest BCUT2D eigenvalue weighted by molar-refractivity contribution is 7.92. The van der Waals surface area contributed by atoms with Crippen LogP contribution >= 0.6 is 0 Å². The summed E-state index contributed by atoms with van der Waals surface area (Å²) in [4.78, 5) is 24.1. The van der Waals surface area contributed by atoms with Crippen LogP contribution in [0.5, 0.6) is 5.75 Å². The van der Waals surface area contributed by atoms with Gasteiger partial charge in [-0.3, -0.25) is 0 Å². The molecule has 0 aliphatic carbocycles. The first kappa shape index (κ1) is 17.9.